The molecule has 15 heavy (non-hydrogen) atoms. The number of hydrogen-bond acceptors (Lipinski definition) is 3. The van der Waals surface area contributed by atoms with Crippen molar-refractivity contribution >= 4 is 22.9 Å². The number of nitrogens with zero attached hydrogens (tertiary/aromatic N) is 1. The molecule has 1 N–H and O–H groups in total. The van der Waals surface area contributed by atoms with Crippen LogP contribution in [0.25, 0.3) is 0 Å². The predicted molar refractivity (Wildman–Crippen MR) is 59.5 cm³/mol. The lowest BCUT2D eigenvalue weighted by atomic mass is 10.2. The maximum Gasteiger partial charge on any atom is 0.410 e. The van der Waals surface area contributed by atoms with E-state index in [1.165, 1.54) is 4.90 Å². The second kappa shape index (κ2) is 4.39. The van der Waals surface area contributed by atoms with Gasteiger partial charge >= 0.3 is 6.09 Å². The lowest BCUT2D eigenvalue weighted by molar-refractivity contribution is 0.0267. The zero-order valence-corrected chi connectivity index (χ0v) is 10.1. The molecular weight excluding hydrogens is 216 g/mol. The molecular formula is C10H17ClN2O2. The Morgan fingerprint density at radius 2 is 2.13 bits per heavy atom. The maximum absolute atomic E-state index is 11.7. The molecule has 1 fully saturated rings. The van der Waals surface area contributed by atoms with Crippen molar-refractivity contribution in [1.82, 2.24) is 4.90 Å². The van der Waals surface area contributed by atoms with Crippen molar-refractivity contribution in [2.24, 2.45) is 0 Å². The fraction of sp³-hybridized carbons (Fsp3) is 0.800. The molecule has 86 valence electrons. The Bertz CT molecular complexity index is 273. The SMILES string of the molecule is CC(C)(C)OC(=O)N1CCC[C@H]1C(=N)Cl. The molecule has 1 heterocycles. The monoisotopic (exact) mass is 232 g/mol. The average Bonchev–Trinajstić information content (AvgIpc) is 2.47. The Kier molecular flexibility index (Phi) is 3.60. The van der Waals surface area contributed by atoms with Gasteiger partial charge in [0.15, 0.2) is 0 Å². The molecule has 0 radical (unpaired) electrons. The molecule has 0 saturated carbocycles. The highest BCUT2D eigenvalue weighted by Gasteiger charge is 2.33. The van der Waals surface area contributed by atoms with Gasteiger partial charge in [-0.25, -0.2) is 4.79 Å². The van der Waals surface area contributed by atoms with E-state index >= 15 is 0 Å². The summed E-state index contributed by atoms with van der Waals surface area (Å²) >= 11 is 5.63. The molecule has 1 aliphatic rings. The average molecular weight is 233 g/mol. The molecule has 1 atom stereocenters. The number of likely N-dealkylation sites (tertiary alicyclic amines) is 1. The van der Waals surface area contributed by atoms with Gasteiger partial charge in [-0.05, 0) is 33.6 Å². The third kappa shape index (κ3) is 3.38. The lowest BCUT2D eigenvalue weighted by Crippen LogP contribution is -2.42. The summed E-state index contributed by atoms with van der Waals surface area (Å²) < 4.78 is 5.23. The van der Waals surface area contributed by atoms with Crippen LogP contribution in [0.1, 0.15) is 33.6 Å². The Hall–Kier alpha value is -0.770. The van der Waals surface area contributed by atoms with Gasteiger partial charge in [-0.15, -0.1) is 0 Å². The van der Waals surface area contributed by atoms with E-state index in [2.05, 4.69) is 0 Å². The van der Waals surface area contributed by atoms with Crippen LogP contribution in [0.5, 0.6) is 0 Å². The van der Waals surface area contributed by atoms with E-state index in [1.54, 1.807) is 0 Å². The Morgan fingerprint density at radius 1 is 1.53 bits per heavy atom. The molecule has 0 aromatic heterocycles. The van der Waals surface area contributed by atoms with Gasteiger partial charge in [0, 0.05) is 6.54 Å². The van der Waals surface area contributed by atoms with Crippen LogP contribution in [-0.2, 0) is 4.74 Å². The Morgan fingerprint density at radius 3 is 2.60 bits per heavy atom. The van der Waals surface area contributed by atoms with Gasteiger partial charge in [0.05, 0.1) is 6.04 Å². The third-order valence-electron chi connectivity index (χ3n) is 2.17. The minimum atomic E-state index is -0.501. The van der Waals surface area contributed by atoms with Crippen molar-refractivity contribution in [2.75, 3.05) is 6.54 Å². The Balaban J connectivity index is 2.63. The van der Waals surface area contributed by atoms with Gasteiger partial charge in [0.2, 0.25) is 0 Å². The molecule has 1 amide bonds. The van der Waals surface area contributed by atoms with Crippen molar-refractivity contribution in [3.05, 3.63) is 0 Å². The van der Waals surface area contributed by atoms with E-state index in [9.17, 15) is 4.79 Å². The van der Waals surface area contributed by atoms with Crippen molar-refractivity contribution in [3.8, 4) is 0 Å². The van der Waals surface area contributed by atoms with Crippen LogP contribution in [0.3, 0.4) is 0 Å². The quantitative estimate of drug-likeness (QED) is 0.707. The van der Waals surface area contributed by atoms with Crippen LogP contribution < -0.4 is 0 Å². The van der Waals surface area contributed by atoms with Crippen LogP contribution in [-0.4, -0.2) is 34.4 Å². The molecule has 0 aromatic carbocycles. The first kappa shape index (κ1) is 12.3. The fourth-order valence-electron chi connectivity index (χ4n) is 1.57. The Labute approximate surface area is 95.0 Å². The number of amides is 1. The zero-order chi connectivity index (χ0) is 11.6. The molecule has 0 aromatic rings. The van der Waals surface area contributed by atoms with Gasteiger partial charge in [-0.2, -0.15) is 0 Å². The molecule has 0 bridgehead atoms. The second-order valence-electron chi connectivity index (χ2n) is 4.68. The van der Waals surface area contributed by atoms with Gasteiger partial charge < -0.3 is 4.74 Å². The first-order valence-corrected chi connectivity index (χ1v) is 5.42. The van der Waals surface area contributed by atoms with Crippen LogP contribution in [0.2, 0.25) is 0 Å². The summed E-state index contributed by atoms with van der Waals surface area (Å²) in [5.41, 5.74) is -0.501. The molecule has 5 heteroatoms. The summed E-state index contributed by atoms with van der Waals surface area (Å²) in [6.07, 6.45) is 1.25. The second-order valence-corrected chi connectivity index (χ2v) is 5.09. The summed E-state index contributed by atoms with van der Waals surface area (Å²) in [6, 6.07) is -0.290. The molecule has 0 aliphatic carbocycles. The van der Waals surface area contributed by atoms with Crippen molar-refractivity contribution in [3.63, 3.8) is 0 Å². The van der Waals surface area contributed by atoms with E-state index in [0.717, 1.165) is 12.8 Å². The van der Waals surface area contributed by atoms with Gasteiger partial charge in [-0.1, -0.05) is 11.6 Å². The topological polar surface area (TPSA) is 53.4 Å². The smallest absolute Gasteiger partial charge is 0.410 e. The molecule has 4 nitrogen and oxygen atoms in total. The minimum Gasteiger partial charge on any atom is -0.444 e. The number of halogens is 1. The first-order valence-electron chi connectivity index (χ1n) is 5.05. The summed E-state index contributed by atoms with van der Waals surface area (Å²) in [5, 5.41) is 7.37. The van der Waals surface area contributed by atoms with Crippen molar-refractivity contribution in [1.29, 1.82) is 5.41 Å². The highest BCUT2D eigenvalue weighted by Crippen LogP contribution is 2.22. The van der Waals surface area contributed by atoms with Crippen LogP contribution >= 0.6 is 11.6 Å². The normalized spacial score (nSPS) is 21.6. The van der Waals surface area contributed by atoms with Gasteiger partial charge in [0.25, 0.3) is 0 Å². The number of carbonyl (C=O) groups is 1. The first-order chi connectivity index (χ1) is 6.81. The van der Waals surface area contributed by atoms with Gasteiger partial charge in [-0.3, -0.25) is 10.3 Å². The minimum absolute atomic E-state index is 0.0124. The standard InChI is InChI=1S/C10H17ClN2O2/c1-10(2,3)15-9(14)13-6-4-5-7(13)8(11)12/h7,12H,4-6H2,1-3H3/t7-/m0/s1. The highest BCUT2D eigenvalue weighted by molar-refractivity contribution is 6.65. The van der Waals surface area contributed by atoms with Crippen molar-refractivity contribution in [2.45, 2.75) is 45.3 Å². The summed E-state index contributed by atoms with van der Waals surface area (Å²) in [4.78, 5) is 13.3. The number of nitrogens with one attached hydrogen (secondary N) is 1. The van der Waals surface area contributed by atoms with E-state index in [-0.39, 0.29) is 17.3 Å². The summed E-state index contributed by atoms with van der Waals surface area (Å²) in [6.45, 7) is 6.08. The number of rotatable bonds is 1. The maximum atomic E-state index is 11.7. The van der Waals surface area contributed by atoms with E-state index in [1.807, 2.05) is 20.8 Å². The third-order valence-corrected chi connectivity index (χ3v) is 2.43. The molecule has 1 aliphatic heterocycles. The number of hydrogen-bond donors (Lipinski definition) is 1. The van der Waals surface area contributed by atoms with Crippen molar-refractivity contribution < 1.29 is 9.53 Å². The molecule has 1 saturated heterocycles. The number of carbonyl (C=O) groups excluding carboxylic acids is 1. The van der Waals surface area contributed by atoms with E-state index in [0.29, 0.717) is 6.54 Å². The largest absolute Gasteiger partial charge is 0.444 e. The zero-order valence-electron chi connectivity index (χ0n) is 9.34. The highest BCUT2D eigenvalue weighted by atomic mass is 35.5. The fourth-order valence-corrected chi connectivity index (χ4v) is 1.80. The summed E-state index contributed by atoms with van der Waals surface area (Å²) in [5.74, 6) is 0. The summed E-state index contributed by atoms with van der Waals surface area (Å²) in [7, 11) is 0. The molecule has 0 spiro atoms. The van der Waals surface area contributed by atoms with E-state index in [4.69, 9.17) is 21.7 Å². The number of ether oxygens (including phenoxy) is 1. The van der Waals surface area contributed by atoms with Crippen LogP contribution in [0, 0.1) is 5.41 Å². The van der Waals surface area contributed by atoms with E-state index < -0.39 is 5.60 Å². The lowest BCUT2D eigenvalue weighted by Gasteiger charge is -2.27. The van der Waals surface area contributed by atoms with Gasteiger partial charge in [0.1, 0.15) is 10.8 Å². The van der Waals surface area contributed by atoms with Crippen LogP contribution in [0.15, 0.2) is 0 Å². The van der Waals surface area contributed by atoms with Crippen LogP contribution in [0.4, 0.5) is 4.79 Å². The molecule has 0 unspecified atom stereocenters. The molecule has 1 rings (SSSR count). The predicted octanol–water partition coefficient (Wildman–Crippen LogP) is 2.60.